The van der Waals surface area contributed by atoms with Crippen LogP contribution >= 0.6 is 0 Å². The smallest absolute Gasteiger partial charge is 0.161 e. The van der Waals surface area contributed by atoms with E-state index >= 15 is 0 Å². The van der Waals surface area contributed by atoms with Crippen LogP contribution in [0.2, 0.25) is 0 Å². The van der Waals surface area contributed by atoms with E-state index in [2.05, 4.69) is 13.8 Å². The molecule has 0 aliphatic heterocycles. The van der Waals surface area contributed by atoms with Crippen LogP contribution in [-0.4, -0.2) is 33.5 Å². The number of hydrogen-bond acceptors (Lipinski definition) is 4. The zero-order valence-corrected chi connectivity index (χ0v) is 16.4. The first-order valence-electron chi connectivity index (χ1n) is 10.2. The molecule has 0 aromatic heterocycles. The molecular weight excluding hydrogens is 328 g/mol. The average molecular weight is 360 g/mol. The van der Waals surface area contributed by atoms with Gasteiger partial charge in [0.2, 0.25) is 0 Å². The molecule has 0 bridgehead atoms. The summed E-state index contributed by atoms with van der Waals surface area (Å²) in [6.45, 7) is 7.94. The minimum absolute atomic E-state index is 0.116. The minimum atomic E-state index is -1.31. The quantitative estimate of drug-likeness (QED) is 0.754. The van der Waals surface area contributed by atoms with E-state index in [1.54, 1.807) is 0 Å². The summed E-state index contributed by atoms with van der Waals surface area (Å²) in [4.78, 5) is 24.3. The van der Waals surface area contributed by atoms with Crippen molar-refractivity contribution < 1.29 is 19.8 Å². The molecule has 0 aromatic carbocycles. The van der Waals surface area contributed by atoms with Crippen LogP contribution in [0.5, 0.6) is 0 Å². The van der Waals surface area contributed by atoms with Crippen LogP contribution < -0.4 is 0 Å². The molecule has 4 nitrogen and oxygen atoms in total. The van der Waals surface area contributed by atoms with Gasteiger partial charge in [-0.25, -0.2) is 0 Å². The number of carbonyl (C=O) groups is 2. The van der Waals surface area contributed by atoms with Gasteiger partial charge in [0.25, 0.3) is 0 Å². The van der Waals surface area contributed by atoms with Crippen LogP contribution in [-0.2, 0) is 9.59 Å². The summed E-state index contributed by atoms with van der Waals surface area (Å²) in [5, 5.41) is 22.5. The zero-order chi connectivity index (χ0) is 19.1. The standard InChI is InChI=1S/C22H32O4/c1-12-9-15-16-6-8-22(26,13(2)23)21(16,4)11-18(25)19(15)20(3)7-5-14(24)10-17(12)20/h10,12,15-16,18-19,25-26H,5-9,11H2,1-4H3/t12-,15?,16?,18?,19?,20?,21?,22-/m0/s1. The molecule has 3 fully saturated rings. The molecular formula is C22H32O4. The number of carbonyl (C=O) groups excluding carboxylic acids is 2. The van der Waals surface area contributed by atoms with Crippen molar-refractivity contribution in [2.24, 2.45) is 34.5 Å². The van der Waals surface area contributed by atoms with Crippen LogP contribution in [0.3, 0.4) is 0 Å². The van der Waals surface area contributed by atoms with Gasteiger partial charge in [-0.2, -0.15) is 0 Å². The van der Waals surface area contributed by atoms with E-state index in [0.717, 1.165) is 19.3 Å². The maximum atomic E-state index is 12.3. The second-order valence-electron chi connectivity index (χ2n) is 10.1. The molecule has 26 heavy (non-hydrogen) atoms. The Morgan fingerprint density at radius 1 is 1.27 bits per heavy atom. The van der Waals surface area contributed by atoms with E-state index in [1.807, 2.05) is 13.0 Å². The first kappa shape index (κ1) is 18.4. The molecule has 144 valence electrons. The van der Waals surface area contributed by atoms with Gasteiger partial charge in [0.15, 0.2) is 11.6 Å². The Morgan fingerprint density at radius 3 is 2.62 bits per heavy atom. The molecule has 0 amide bonds. The first-order chi connectivity index (χ1) is 12.0. The Labute approximate surface area is 156 Å². The fourth-order valence-corrected chi connectivity index (χ4v) is 7.70. The fourth-order valence-electron chi connectivity index (χ4n) is 7.70. The number of aliphatic hydroxyl groups is 2. The van der Waals surface area contributed by atoms with Crippen molar-refractivity contribution in [1.82, 2.24) is 0 Å². The van der Waals surface area contributed by atoms with E-state index in [1.165, 1.54) is 12.5 Å². The van der Waals surface area contributed by atoms with Gasteiger partial charge >= 0.3 is 0 Å². The molecule has 0 saturated heterocycles. The molecule has 3 saturated carbocycles. The highest BCUT2D eigenvalue weighted by molar-refractivity contribution is 5.91. The first-order valence-corrected chi connectivity index (χ1v) is 10.2. The summed E-state index contributed by atoms with van der Waals surface area (Å²) >= 11 is 0. The third-order valence-electron chi connectivity index (χ3n) is 8.95. The van der Waals surface area contributed by atoms with Crippen molar-refractivity contribution in [2.75, 3.05) is 0 Å². The molecule has 4 heteroatoms. The number of allylic oxidation sites excluding steroid dienone is 1. The van der Waals surface area contributed by atoms with E-state index in [0.29, 0.717) is 31.1 Å². The van der Waals surface area contributed by atoms with E-state index in [4.69, 9.17) is 0 Å². The third-order valence-corrected chi connectivity index (χ3v) is 8.95. The highest BCUT2D eigenvalue weighted by atomic mass is 16.3. The number of Topliss-reactive ketones (excluding diaryl/α,β-unsaturated/α-hetero) is 1. The van der Waals surface area contributed by atoms with E-state index in [9.17, 15) is 19.8 Å². The molecule has 0 spiro atoms. The molecule has 4 aliphatic rings. The van der Waals surface area contributed by atoms with Gasteiger partial charge in [-0.05, 0) is 74.2 Å². The second-order valence-corrected chi connectivity index (χ2v) is 10.1. The lowest BCUT2D eigenvalue weighted by Gasteiger charge is -2.61. The lowest BCUT2D eigenvalue weighted by Crippen LogP contribution is -2.62. The molecule has 0 heterocycles. The number of fused-ring (bicyclic) bond motifs is 5. The van der Waals surface area contributed by atoms with Crippen LogP contribution in [0.1, 0.15) is 66.2 Å². The highest BCUT2D eigenvalue weighted by Crippen LogP contribution is 2.68. The summed E-state index contributed by atoms with van der Waals surface area (Å²) in [6.07, 6.45) is 5.44. The van der Waals surface area contributed by atoms with Gasteiger partial charge in [0.05, 0.1) is 6.10 Å². The zero-order valence-electron chi connectivity index (χ0n) is 16.4. The maximum Gasteiger partial charge on any atom is 0.161 e. The van der Waals surface area contributed by atoms with Crippen LogP contribution in [0.4, 0.5) is 0 Å². The SMILES string of the molecule is CC(=O)[C@@]1(O)CCC2C3C[C@H](C)C4=CC(=O)CCC4(C)C3C(O)CC21C. The van der Waals surface area contributed by atoms with Crippen LogP contribution in [0.25, 0.3) is 0 Å². The van der Waals surface area contributed by atoms with Crippen LogP contribution in [0, 0.1) is 34.5 Å². The number of aliphatic hydroxyl groups excluding tert-OH is 1. The highest BCUT2D eigenvalue weighted by Gasteiger charge is 2.68. The largest absolute Gasteiger partial charge is 0.393 e. The lowest BCUT2D eigenvalue weighted by atomic mass is 9.44. The average Bonchev–Trinajstić information content (AvgIpc) is 2.81. The van der Waals surface area contributed by atoms with E-state index in [-0.39, 0.29) is 28.8 Å². The Hall–Kier alpha value is -1.00. The van der Waals surface area contributed by atoms with Crippen molar-refractivity contribution >= 4 is 11.6 Å². The van der Waals surface area contributed by atoms with Gasteiger partial charge in [0, 0.05) is 11.8 Å². The fraction of sp³-hybridized carbons (Fsp3) is 0.818. The molecule has 4 rings (SSSR count). The Morgan fingerprint density at radius 2 is 1.96 bits per heavy atom. The number of ketones is 2. The van der Waals surface area contributed by atoms with Gasteiger partial charge in [-0.1, -0.05) is 26.3 Å². The summed E-state index contributed by atoms with van der Waals surface area (Å²) in [5.74, 6) is 1.03. The summed E-state index contributed by atoms with van der Waals surface area (Å²) in [6, 6.07) is 0. The van der Waals surface area contributed by atoms with Crippen molar-refractivity contribution in [3.63, 3.8) is 0 Å². The lowest BCUT2D eigenvalue weighted by molar-refractivity contribution is -0.181. The topological polar surface area (TPSA) is 74.6 Å². The molecule has 6 unspecified atom stereocenters. The molecule has 8 atom stereocenters. The van der Waals surface area contributed by atoms with Gasteiger partial charge < -0.3 is 10.2 Å². The van der Waals surface area contributed by atoms with Gasteiger partial charge in [-0.3, -0.25) is 9.59 Å². The Balaban J connectivity index is 1.79. The maximum absolute atomic E-state index is 12.3. The normalized spacial score (nSPS) is 53.4. The monoisotopic (exact) mass is 360 g/mol. The third kappa shape index (κ3) is 2.09. The predicted octanol–water partition coefficient (Wildman–Crippen LogP) is 3.06. The Bertz CT molecular complexity index is 696. The van der Waals surface area contributed by atoms with Crippen molar-refractivity contribution in [3.05, 3.63) is 11.6 Å². The number of hydrogen-bond donors (Lipinski definition) is 2. The summed E-state index contributed by atoms with van der Waals surface area (Å²) in [7, 11) is 0. The van der Waals surface area contributed by atoms with E-state index < -0.39 is 17.1 Å². The number of rotatable bonds is 1. The summed E-state index contributed by atoms with van der Waals surface area (Å²) in [5.41, 5.74) is -0.792. The van der Waals surface area contributed by atoms with Gasteiger partial charge in [-0.15, -0.1) is 0 Å². The van der Waals surface area contributed by atoms with Crippen LogP contribution in [0.15, 0.2) is 11.6 Å². The van der Waals surface area contributed by atoms with Crippen molar-refractivity contribution in [2.45, 2.75) is 77.9 Å². The molecule has 4 aliphatic carbocycles. The molecule has 0 aromatic rings. The minimum Gasteiger partial charge on any atom is -0.393 e. The van der Waals surface area contributed by atoms with Gasteiger partial charge in [0.1, 0.15) is 5.60 Å². The molecule has 2 N–H and O–H groups in total. The second kappa shape index (κ2) is 5.51. The predicted molar refractivity (Wildman–Crippen MR) is 98.3 cm³/mol. The molecule has 0 radical (unpaired) electrons. The Kier molecular flexibility index (Phi) is 3.89. The van der Waals surface area contributed by atoms with Crippen molar-refractivity contribution in [3.8, 4) is 0 Å². The summed E-state index contributed by atoms with van der Waals surface area (Å²) < 4.78 is 0. The van der Waals surface area contributed by atoms with Crippen molar-refractivity contribution in [1.29, 1.82) is 0 Å².